The molecule has 1 amide bonds. The molecule has 2 rings (SSSR count). The van der Waals surface area contributed by atoms with Gasteiger partial charge in [-0.25, -0.2) is 4.98 Å². The lowest BCUT2D eigenvalue weighted by Gasteiger charge is -2.13. The van der Waals surface area contributed by atoms with Gasteiger partial charge >= 0.3 is 6.18 Å². The van der Waals surface area contributed by atoms with Crippen LogP contribution in [0.4, 0.5) is 24.5 Å². The van der Waals surface area contributed by atoms with E-state index < -0.39 is 11.7 Å². The van der Waals surface area contributed by atoms with Crippen LogP contribution in [-0.4, -0.2) is 30.7 Å². The maximum absolute atomic E-state index is 12.6. The maximum atomic E-state index is 12.6. The second-order valence-electron chi connectivity index (χ2n) is 5.29. The number of alkyl halides is 3. The zero-order valence-electron chi connectivity index (χ0n) is 13.4. The van der Waals surface area contributed by atoms with E-state index in [-0.39, 0.29) is 21.7 Å². The lowest BCUT2D eigenvalue weighted by atomic mass is 10.2. The fraction of sp³-hybridized carbons (Fsp3) is 0.250. The number of nitrogens with one attached hydrogen (secondary N) is 1. The summed E-state index contributed by atoms with van der Waals surface area (Å²) in [5.41, 5.74) is 0.697. The second kappa shape index (κ2) is 7.97. The number of hydrogen-bond acceptors (Lipinski definition) is 4. The number of hydrogen-bond donors (Lipinski definition) is 1. The van der Waals surface area contributed by atoms with Gasteiger partial charge in [0.15, 0.2) is 0 Å². The molecule has 0 fully saturated rings. The van der Waals surface area contributed by atoms with Crippen LogP contribution >= 0.6 is 23.4 Å². The minimum absolute atomic E-state index is 0.0203. The highest BCUT2D eigenvalue weighted by molar-refractivity contribution is 8.00. The van der Waals surface area contributed by atoms with E-state index in [1.54, 1.807) is 12.1 Å². The average molecular weight is 390 g/mol. The largest absolute Gasteiger partial charge is 0.417 e. The Morgan fingerprint density at radius 1 is 1.28 bits per heavy atom. The molecule has 0 spiro atoms. The van der Waals surface area contributed by atoms with Crippen LogP contribution in [0.15, 0.2) is 41.6 Å². The number of nitrogens with zero attached hydrogens (tertiary/aromatic N) is 2. The Hall–Kier alpha value is -1.93. The molecular weight excluding hydrogens is 375 g/mol. The first-order valence-electron chi connectivity index (χ1n) is 7.09. The van der Waals surface area contributed by atoms with Crippen molar-refractivity contribution in [3.05, 3.63) is 47.1 Å². The van der Waals surface area contributed by atoms with E-state index in [1.807, 2.05) is 31.1 Å². The third kappa shape index (κ3) is 5.54. The van der Waals surface area contributed by atoms with Crippen LogP contribution in [0, 0.1) is 0 Å². The molecule has 0 atom stereocenters. The minimum atomic E-state index is -4.50. The quantitative estimate of drug-likeness (QED) is 0.762. The smallest absolute Gasteiger partial charge is 0.378 e. The van der Waals surface area contributed by atoms with Crippen LogP contribution < -0.4 is 10.2 Å². The van der Waals surface area contributed by atoms with Crippen molar-refractivity contribution in [2.75, 3.05) is 30.1 Å². The average Bonchev–Trinajstić information content (AvgIpc) is 2.53. The Labute approximate surface area is 152 Å². The molecule has 0 aliphatic rings. The lowest BCUT2D eigenvalue weighted by molar-refractivity contribution is -0.137. The highest BCUT2D eigenvalue weighted by Gasteiger charge is 2.31. The number of thioether (sulfide) groups is 1. The van der Waals surface area contributed by atoms with Crippen LogP contribution in [0.2, 0.25) is 5.02 Å². The summed E-state index contributed by atoms with van der Waals surface area (Å²) in [7, 11) is 3.82. The number of pyridine rings is 1. The summed E-state index contributed by atoms with van der Waals surface area (Å²) in [5.74, 6) is -0.326. The van der Waals surface area contributed by atoms with Crippen LogP contribution in [-0.2, 0) is 11.0 Å². The fourth-order valence-electron chi connectivity index (χ4n) is 1.86. The number of carbonyl (C=O) groups is 1. The monoisotopic (exact) mass is 389 g/mol. The number of carbonyl (C=O) groups excluding carboxylic acids is 1. The van der Waals surface area contributed by atoms with Crippen molar-refractivity contribution in [1.82, 2.24) is 4.98 Å². The summed E-state index contributed by atoms with van der Waals surface area (Å²) in [6.07, 6.45) is -3.80. The van der Waals surface area contributed by atoms with Crippen LogP contribution in [0.3, 0.4) is 0 Å². The van der Waals surface area contributed by atoms with Crippen LogP contribution in [0.1, 0.15) is 5.56 Å². The molecule has 0 saturated heterocycles. The predicted molar refractivity (Wildman–Crippen MR) is 94.4 cm³/mol. The Morgan fingerprint density at radius 2 is 1.92 bits per heavy atom. The highest BCUT2D eigenvalue weighted by atomic mass is 35.5. The molecule has 4 nitrogen and oxygen atoms in total. The van der Waals surface area contributed by atoms with Crippen molar-refractivity contribution in [2.45, 2.75) is 11.2 Å². The van der Waals surface area contributed by atoms with Gasteiger partial charge in [0.2, 0.25) is 5.91 Å². The summed E-state index contributed by atoms with van der Waals surface area (Å²) in [4.78, 5) is 17.6. The zero-order valence-corrected chi connectivity index (χ0v) is 15.0. The number of anilines is 2. The first-order valence-corrected chi connectivity index (χ1v) is 8.46. The Bertz CT molecular complexity index is 751. The van der Waals surface area contributed by atoms with E-state index in [4.69, 9.17) is 11.6 Å². The van der Waals surface area contributed by atoms with Crippen molar-refractivity contribution in [3.63, 3.8) is 0 Å². The van der Waals surface area contributed by atoms with E-state index >= 15 is 0 Å². The second-order valence-corrected chi connectivity index (χ2v) is 6.66. The zero-order chi connectivity index (χ0) is 18.6. The number of halogens is 4. The molecule has 1 N–H and O–H groups in total. The van der Waals surface area contributed by atoms with Gasteiger partial charge in [-0.3, -0.25) is 4.79 Å². The van der Waals surface area contributed by atoms with E-state index in [1.165, 1.54) is 0 Å². The van der Waals surface area contributed by atoms with Gasteiger partial charge in [-0.1, -0.05) is 23.4 Å². The van der Waals surface area contributed by atoms with Gasteiger partial charge in [-0.15, -0.1) is 0 Å². The Morgan fingerprint density at radius 3 is 2.44 bits per heavy atom. The van der Waals surface area contributed by atoms with Crippen molar-refractivity contribution in [2.24, 2.45) is 0 Å². The molecule has 2 aromatic rings. The number of amides is 1. The summed E-state index contributed by atoms with van der Waals surface area (Å²) in [6.45, 7) is 0. The Kier molecular flexibility index (Phi) is 6.18. The van der Waals surface area contributed by atoms with Gasteiger partial charge in [0.25, 0.3) is 0 Å². The topological polar surface area (TPSA) is 45.2 Å². The maximum Gasteiger partial charge on any atom is 0.417 e. The molecule has 0 bridgehead atoms. The lowest BCUT2D eigenvalue weighted by Crippen LogP contribution is -2.14. The number of aromatic nitrogens is 1. The van der Waals surface area contributed by atoms with Gasteiger partial charge in [-0.05, 0) is 30.3 Å². The van der Waals surface area contributed by atoms with Gasteiger partial charge < -0.3 is 10.2 Å². The van der Waals surface area contributed by atoms with Crippen molar-refractivity contribution in [1.29, 1.82) is 0 Å². The minimum Gasteiger partial charge on any atom is -0.378 e. The van der Waals surface area contributed by atoms with Gasteiger partial charge in [0, 0.05) is 31.7 Å². The van der Waals surface area contributed by atoms with Gasteiger partial charge in [-0.2, -0.15) is 13.2 Å². The molecule has 9 heteroatoms. The molecule has 134 valence electrons. The first kappa shape index (κ1) is 19.4. The number of benzene rings is 1. The van der Waals surface area contributed by atoms with E-state index in [0.717, 1.165) is 23.5 Å². The van der Waals surface area contributed by atoms with Gasteiger partial charge in [0.1, 0.15) is 5.03 Å². The SMILES string of the molecule is CN(C)c1ccc(NC(=O)CSc2ncc(C(F)(F)F)cc2Cl)cc1. The molecular formula is C16H15ClF3N3OS. The van der Waals surface area contributed by atoms with Crippen molar-refractivity contribution >= 4 is 40.6 Å². The fourth-order valence-corrected chi connectivity index (χ4v) is 2.85. The summed E-state index contributed by atoms with van der Waals surface area (Å²) in [5, 5.41) is 2.74. The third-order valence-electron chi connectivity index (χ3n) is 3.14. The molecule has 25 heavy (non-hydrogen) atoms. The molecule has 1 heterocycles. The molecule has 1 aromatic carbocycles. The first-order chi connectivity index (χ1) is 11.7. The van der Waals surface area contributed by atoms with E-state index in [2.05, 4.69) is 10.3 Å². The standard InChI is InChI=1S/C16H15ClF3N3OS/c1-23(2)12-5-3-11(4-6-12)22-14(24)9-25-15-13(17)7-10(8-21-15)16(18,19)20/h3-8H,9H2,1-2H3,(H,22,24). The summed E-state index contributed by atoms with van der Waals surface area (Å²) in [6, 6.07) is 8.05. The Balaban J connectivity index is 1.93. The van der Waals surface area contributed by atoms with Crippen LogP contribution in [0.5, 0.6) is 0 Å². The highest BCUT2D eigenvalue weighted by Crippen LogP contribution is 2.33. The van der Waals surface area contributed by atoms with Crippen molar-refractivity contribution < 1.29 is 18.0 Å². The molecule has 0 aliphatic heterocycles. The van der Waals surface area contributed by atoms with E-state index in [0.29, 0.717) is 11.9 Å². The van der Waals surface area contributed by atoms with Crippen molar-refractivity contribution in [3.8, 4) is 0 Å². The molecule has 0 radical (unpaired) electrons. The number of rotatable bonds is 5. The molecule has 0 aliphatic carbocycles. The molecule has 0 unspecified atom stereocenters. The third-order valence-corrected chi connectivity index (χ3v) is 4.55. The molecule has 0 saturated carbocycles. The predicted octanol–water partition coefficient (Wildman–Crippen LogP) is 4.55. The van der Waals surface area contributed by atoms with Gasteiger partial charge in [0.05, 0.1) is 16.3 Å². The van der Waals surface area contributed by atoms with E-state index in [9.17, 15) is 18.0 Å². The molecule has 1 aromatic heterocycles. The van der Waals surface area contributed by atoms with Crippen LogP contribution in [0.25, 0.3) is 0 Å². The summed E-state index contributed by atoms with van der Waals surface area (Å²) >= 11 is 6.78. The normalized spacial score (nSPS) is 11.3. The summed E-state index contributed by atoms with van der Waals surface area (Å²) < 4.78 is 37.7.